The quantitative estimate of drug-likeness (QED) is 0.768. The van der Waals surface area contributed by atoms with Crippen molar-refractivity contribution >= 4 is 11.7 Å². The van der Waals surface area contributed by atoms with Gasteiger partial charge in [0.25, 0.3) is 0 Å². The van der Waals surface area contributed by atoms with E-state index in [1.807, 2.05) is 18.2 Å². The van der Waals surface area contributed by atoms with Crippen LogP contribution >= 0.6 is 0 Å². The molecule has 0 aliphatic heterocycles. The second-order valence-electron chi connectivity index (χ2n) is 4.51. The molecule has 0 atom stereocenters. The van der Waals surface area contributed by atoms with Crippen molar-refractivity contribution in [2.75, 3.05) is 18.0 Å². The van der Waals surface area contributed by atoms with E-state index >= 15 is 0 Å². The Kier molecular flexibility index (Phi) is 6.26. The van der Waals surface area contributed by atoms with Gasteiger partial charge in [0.1, 0.15) is 0 Å². The minimum Gasteiger partial charge on any atom is -0.481 e. The first kappa shape index (κ1) is 14.6. The van der Waals surface area contributed by atoms with E-state index in [1.165, 1.54) is 5.69 Å². The van der Waals surface area contributed by atoms with Crippen LogP contribution in [0.5, 0.6) is 0 Å². The Hall–Kier alpha value is -1.51. The number of carboxylic acid groups (broad SMARTS) is 1. The standard InChI is InChI=1S/C15H23NO2/c1-3-11-16(12-4-2)14-8-6-5-7-13(14)9-10-15(17)18/h5-8H,3-4,9-12H2,1-2H3,(H,17,18). The van der Waals surface area contributed by atoms with Crippen LogP contribution in [0.1, 0.15) is 38.7 Å². The summed E-state index contributed by atoms with van der Waals surface area (Å²) in [5.41, 5.74) is 2.34. The van der Waals surface area contributed by atoms with Gasteiger partial charge < -0.3 is 10.0 Å². The molecule has 1 N–H and O–H groups in total. The van der Waals surface area contributed by atoms with E-state index in [1.54, 1.807) is 0 Å². The number of anilines is 1. The molecular weight excluding hydrogens is 226 g/mol. The molecule has 1 aromatic rings. The summed E-state index contributed by atoms with van der Waals surface area (Å²) in [4.78, 5) is 13.0. The van der Waals surface area contributed by atoms with Crippen molar-refractivity contribution in [2.24, 2.45) is 0 Å². The zero-order chi connectivity index (χ0) is 13.4. The van der Waals surface area contributed by atoms with E-state index in [-0.39, 0.29) is 6.42 Å². The number of carboxylic acids is 1. The Bertz CT molecular complexity index is 371. The average molecular weight is 249 g/mol. The molecule has 100 valence electrons. The average Bonchev–Trinajstić information content (AvgIpc) is 2.36. The summed E-state index contributed by atoms with van der Waals surface area (Å²) in [6, 6.07) is 8.15. The topological polar surface area (TPSA) is 40.5 Å². The maximum Gasteiger partial charge on any atom is 0.303 e. The molecule has 18 heavy (non-hydrogen) atoms. The fourth-order valence-electron chi connectivity index (χ4n) is 2.16. The first-order chi connectivity index (χ1) is 8.69. The third kappa shape index (κ3) is 4.40. The van der Waals surface area contributed by atoms with Gasteiger partial charge in [0.15, 0.2) is 0 Å². The van der Waals surface area contributed by atoms with E-state index in [4.69, 9.17) is 5.11 Å². The molecule has 0 saturated carbocycles. The Morgan fingerprint density at radius 2 is 1.78 bits per heavy atom. The molecule has 0 unspecified atom stereocenters. The van der Waals surface area contributed by atoms with Crippen LogP contribution in [0.25, 0.3) is 0 Å². The summed E-state index contributed by atoms with van der Waals surface area (Å²) in [5, 5.41) is 8.80. The normalized spacial score (nSPS) is 10.3. The molecular formula is C15H23NO2. The van der Waals surface area contributed by atoms with Crippen molar-refractivity contribution in [2.45, 2.75) is 39.5 Å². The summed E-state index contributed by atoms with van der Waals surface area (Å²) in [6.45, 7) is 6.39. The monoisotopic (exact) mass is 249 g/mol. The lowest BCUT2D eigenvalue weighted by Crippen LogP contribution is -2.26. The highest BCUT2D eigenvalue weighted by molar-refractivity contribution is 5.68. The van der Waals surface area contributed by atoms with Gasteiger partial charge in [-0.25, -0.2) is 0 Å². The van der Waals surface area contributed by atoms with Crippen LogP contribution in [-0.2, 0) is 11.2 Å². The zero-order valence-electron chi connectivity index (χ0n) is 11.4. The number of benzene rings is 1. The van der Waals surface area contributed by atoms with E-state index in [9.17, 15) is 4.79 Å². The summed E-state index contributed by atoms with van der Waals surface area (Å²) >= 11 is 0. The number of aryl methyl sites for hydroxylation is 1. The van der Waals surface area contributed by atoms with Gasteiger partial charge in [-0.15, -0.1) is 0 Å². The lowest BCUT2D eigenvalue weighted by Gasteiger charge is -2.26. The highest BCUT2D eigenvalue weighted by Gasteiger charge is 2.10. The summed E-state index contributed by atoms with van der Waals surface area (Å²) in [7, 11) is 0. The molecule has 0 aliphatic rings. The number of para-hydroxylation sites is 1. The number of hydrogen-bond donors (Lipinski definition) is 1. The molecule has 3 heteroatoms. The fourth-order valence-corrected chi connectivity index (χ4v) is 2.16. The lowest BCUT2D eigenvalue weighted by molar-refractivity contribution is -0.136. The molecule has 0 amide bonds. The van der Waals surface area contributed by atoms with E-state index < -0.39 is 5.97 Å². The molecule has 0 aromatic heterocycles. The van der Waals surface area contributed by atoms with E-state index in [0.29, 0.717) is 6.42 Å². The molecule has 1 aromatic carbocycles. The predicted octanol–water partition coefficient (Wildman–Crippen LogP) is 3.33. The number of hydrogen-bond acceptors (Lipinski definition) is 2. The Labute approximate surface area is 109 Å². The molecule has 0 spiro atoms. The van der Waals surface area contributed by atoms with E-state index in [0.717, 1.165) is 31.5 Å². The number of rotatable bonds is 8. The second kappa shape index (κ2) is 7.75. The number of aliphatic carboxylic acids is 1. The molecule has 1 rings (SSSR count). The van der Waals surface area contributed by atoms with Crippen molar-refractivity contribution in [1.82, 2.24) is 0 Å². The highest BCUT2D eigenvalue weighted by Crippen LogP contribution is 2.22. The van der Waals surface area contributed by atoms with Crippen molar-refractivity contribution in [3.8, 4) is 0 Å². The van der Waals surface area contributed by atoms with Gasteiger partial charge in [-0.3, -0.25) is 4.79 Å². The van der Waals surface area contributed by atoms with Crippen LogP contribution in [0, 0.1) is 0 Å². The number of carbonyl (C=O) groups is 1. The fraction of sp³-hybridized carbons (Fsp3) is 0.533. The molecule has 3 nitrogen and oxygen atoms in total. The molecule has 0 radical (unpaired) electrons. The van der Waals surface area contributed by atoms with Crippen LogP contribution in [0.4, 0.5) is 5.69 Å². The van der Waals surface area contributed by atoms with Crippen molar-refractivity contribution in [3.05, 3.63) is 29.8 Å². The second-order valence-corrected chi connectivity index (χ2v) is 4.51. The van der Waals surface area contributed by atoms with Crippen LogP contribution in [0.15, 0.2) is 24.3 Å². The summed E-state index contributed by atoms with van der Waals surface area (Å²) in [6.07, 6.45) is 3.01. The van der Waals surface area contributed by atoms with Crippen LogP contribution in [-0.4, -0.2) is 24.2 Å². The molecule has 0 bridgehead atoms. The van der Waals surface area contributed by atoms with Gasteiger partial charge in [0.2, 0.25) is 0 Å². The van der Waals surface area contributed by atoms with Gasteiger partial charge in [-0.05, 0) is 30.9 Å². The SMILES string of the molecule is CCCN(CCC)c1ccccc1CCC(=O)O. The first-order valence-corrected chi connectivity index (χ1v) is 6.73. The van der Waals surface area contributed by atoms with Crippen LogP contribution in [0.3, 0.4) is 0 Å². The van der Waals surface area contributed by atoms with Gasteiger partial charge in [0, 0.05) is 25.2 Å². The molecule has 0 fully saturated rings. The smallest absolute Gasteiger partial charge is 0.303 e. The molecule has 0 saturated heterocycles. The van der Waals surface area contributed by atoms with Gasteiger partial charge in [-0.2, -0.15) is 0 Å². The van der Waals surface area contributed by atoms with Gasteiger partial charge >= 0.3 is 5.97 Å². The number of nitrogens with zero attached hydrogens (tertiary/aromatic N) is 1. The van der Waals surface area contributed by atoms with Crippen LogP contribution in [0.2, 0.25) is 0 Å². The summed E-state index contributed by atoms with van der Waals surface area (Å²) < 4.78 is 0. The first-order valence-electron chi connectivity index (χ1n) is 6.73. The minimum absolute atomic E-state index is 0.198. The van der Waals surface area contributed by atoms with Crippen LogP contribution < -0.4 is 4.90 Å². The maximum atomic E-state index is 10.7. The highest BCUT2D eigenvalue weighted by atomic mass is 16.4. The van der Waals surface area contributed by atoms with Crippen molar-refractivity contribution in [1.29, 1.82) is 0 Å². The van der Waals surface area contributed by atoms with E-state index in [2.05, 4.69) is 24.8 Å². The largest absolute Gasteiger partial charge is 0.481 e. The third-order valence-corrected chi connectivity index (χ3v) is 2.93. The predicted molar refractivity (Wildman–Crippen MR) is 75.2 cm³/mol. The molecule has 0 heterocycles. The Morgan fingerprint density at radius 1 is 1.17 bits per heavy atom. The third-order valence-electron chi connectivity index (χ3n) is 2.93. The zero-order valence-corrected chi connectivity index (χ0v) is 11.4. The minimum atomic E-state index is -0.734. The lowest BCUT2D eigenvalue weighted by atomic mass is 10.1. The van der Waals surface area contributed by atoms with Crippen molar-refractivity contribution in [3.63, 3.8) is 0 Å². The molecule has 0 aliphatic carbocycles. The van der Waals surface area contributed by atoms with Crippen molar-refractivity contribution < 1.29 is 9.90 Å². The Balaban J connectivity index is 2.86. The van der Waals surface area contributed by atoms with Gasteiger partial charge in [-0.1, -0.05) is 32.0 Å². The maximum absolute atomic E-state index is 10.7. The van der Waals surface area contributed by atoms with Gasteiger partial charge in [0.05, 0.1) is 0 Å². The summed E-state index contributed by atoms with van der Waals surface area (Å²) in [5.74, 6) is -0.734. The Morgan fingerprint density at radius 3 is 2.33 bits per heavy atom.